The molecular formula is C5H2F2N4OS. The maximum absolute atomic E-state index is 12.0. The summed E-state index contributed by atoms with van der Waals surface area (Å²) in [5, 5.41) is 10.1. The smallest absolute Gasteiger partial charge is 0.314 e. The summed E-state index contributed by atoms with van der Waals surface area (Å²) in [6.45, 7) is 0. The molecule has 0 radical (unpaired) electrons. The fraction of sp³-hybridized carbons (Fsp3) is 0.200. The highest BCUT2D eigenvalue weighted by atomic mass is 32.1. The van der Waals surface area contributed by atoms with Gasteiger partial charge in [0.15, 0.2) is 0 Å². The summed E-state index contributed by atoms with van der Waals surface area (Å²) >= 11 is 0.999. The van der Waals surface area contributed by atoms with Crippen LogP contribution in [0.1, 0.15) is 12.3 Å². The van der Waals surface area contributed by atoms with Gasteiger partial charge in [0.05, 0.1) is 6.20 Å². The van der Waals surface area contributed by atoms with E-state index in [4.69, 9.17) is 0 Å². The molecule has 0 aromatic carbocycles. The average Bonchev–Trinajstić information content (AvgIpc) is 2.75. The van der Waals surface area contributed by atoms with Gasteiger partial charge < -0.3 is 4.42 Å². The number of rotatable bonds is 2. The molecule has 2 aromatic heterocycles. The lowest BCUT2D eigenvalue weighted by Gasteiger charge is -1.86. The normalized spacial score (nSPS) is 11.0. The molecule has 2 rings (SSSR count). The first-order chi connectivity index (χ1) is 6.27. The third-order valence-corrected chi connectivity index (χ3v) is 1.85. The first-order valence-corrected chi connectivity index (χ1v) is 3.94. The van der Waals surface area contributed by atoms with Crippen molar-refractivity contribution in [2.24, 2.45) is 0 Å². The molecule has 5 nitrogen and oxygen atoms in total. The SMILES string of the molecule is FC(F)c1nnc(-c2cnns2)o1. The van der Waals surface area contributed by atoms with E-state index in [-0.39, 0.29) is 5.89 Å². The highest BCUT2D eigenvalue weighted by Crippen LogP contribution is 2.24. The molecule has 0 unspecified atom stereocenters. The minimum atomic E-state index is -2.75. The Morgan fingerprint density at radius 3 is 2.77 bits per heavy atom. The van der Waals surface area contributed by atoms with Crippen LogP contribution in [-0.4, -0.2) is 19.8 Å². The predicted molar refractivity (Wildman–Crippen MR) is 38.2 cm³/mol. The van der Waals surface area contributed by atoms with Crippen LogP contribution in [0.4, 0.5) is 8.78 Å². The highest BCUT2D eigenvalue weighted by molar-refractivity contribution is 7.09. The predicted octanol–water partition coefficient (Wildman–Crippen LogP) is 1.53. The topological polar surface area (TPSA) is 64.7 Å². The van der Waals surface area contributed by atoms with E-state index in [1.54, 1.807) is 0 Å². The second kappa shape index (κ2) is 3.13. The Morgan fingerprint density at radius 2 is 2.23 bits per heavy atom. The van der Waals surface area contributed by atoms with Gasteiger partial charge in [0.2, 0.25) is 0 Å². The van der Waals surface area contributed by atoms with Crippen molar-refractivity contribution in [3.63, 3.8) is 0 Å². The lowest BCUT2D eigenvalue weighted by molar-refractivity contribution is 0.116. The number of hydrogen-bond donors (Lipinski definition) is 0. The molecule has 13 heavy (non-hydrogen) atoms. The van der Waals surface area contributed by atoms with Gasteiger partial charge >= 0.3 is 6.43 Å². The van der Waals surface area contributed by atoms with Gasteiger partial charge in [-0.1, -0.05) is 4.49 Å². The molecule has 2 aromatic rings. The van der Waals surface area contributed by atoms with Gasteiger partial charge in [-0.3, -0.25) is 0 Å². The first-order valence-electron chi connectivity index (χ1n) is 3.16. The molecule has 8 heteroatoms. The van der Waals surface area contributed by atoms with Crippen LogP contribution in [0.3, 0.4) is 0 Å². The molecule has 68 valence electrons. The lowest BCUT2D eigenvalue weighted by Crippen LogP contribution is -1.81. The first kappa shape index (κ1) is 8.17. The summed E-state index contributed by atoms with van der Waals surface area (Å²) in [6, 6.07) is 0. The molecule has 0 fully saturated rings. The molecular weight excluding hydrogens is 202 g/mol. The number of halogens is 2. The van der Waals surface area contributed by atoms with Gasteiger partial charge in [0, 0.05) is 0 Å². The zero-order valence-electron chi connectivity index (χ0n) is 6.02. The van der Waals surface area contributed by atoms with Crippen molar-refractivity contribution in [3.05, 3.63) is 12.1 Å². The van der Waals surface area contributed by atoms with Gasteiger partial charge in [-0.25, -0.2) is 0 Å². The highest BCUT2D eigenvalue weighted by Gasteiger charge is 2.17. The molecule has 0 amide bonds. The van der Waals surface area contributed by atoms with E-state index in [0.717, 1.165) is 11.5 Å². The number of hydrogen-bond acceptors (Lipinski definition) is 6. The van der Waals surface area contributed by atoms with E-state index in [1.807, 2.05) is 0 Å². The van der Waals surface area contributed by atoms with Crippen LogP contribution in [0.2, 0.25) is 0 Å². The van der Waals surface area contributed by atoms with Gasteiger partial charge in [-0.15, -0.1) is 15.3 Å². The molecule has 0 aliphatic heterocycles. The van der Waals surface area contributed by atoms with Crippen LogP contribution >= 0.6 is 11.5 Å². The summed E-state index contributed by atoms with van der Waals surface area (Å²) in [5.74, 6) is -0.672. The summed E-state index contributed by atoms with van der Waals surface area (Å²) in [4.78, 5) is 0.472. The Hall–Kier alpha value is -1.44. The fourth-order valence-electron chi connectivity index (χ4n) is 0.684. The largest absolute Gasteiger partial charge is 0.414 e. The van der Waals surface area contributed by atoms with Crippen molar-refractivity contribution in [2.45, 2.75) is 6.43 Å². The number of alkyl halides is 2. The monoisotopic (exact) mass is 204 g/mol. The second-order valence-electron chi connectivity index (χ2n) is 2.03. The van der Waals surface area contributed by atoms with Crippen LogP contribution in [0.25, 0.3) is 10.8 Å². The molecule has 0 aliphatic rings. The number of nitrogens with zero attached hydrogens (tertiary/aromatic N) is 4. The molecule has 0 saturated heterocycles. The maximum atomic E-state index is 12.0. The van der Waals surface area contributed by atoms with Crippen molar-refractivity contribution >= 4 is 11.5 Å². The Morgan fingerprint density at radius 1 is 1.38 bits per heavy atom. The van der Waals surface area contributed by atoms with E-state index in [9.17, 15) is 8.78 Å². The Balaban J connectivity index is 2.33. The second-order valence-corrected chi connectivity index (χ2v) is 2.81. The Bertz CT molecular complexity index is 387. The Labute approximate surface area is 74.6 Å². The molecule has 0 N–H and O–H groups in total. The van der Waals surface area contributed by atoms with Crippen LogP contribution in [0, 0.1) is 0 Å². The molecule has 0 atom stereocenters. The summed E-state index contributed by atoms with van der Waals surface area (Å²) < 4.78 is 32.2. The average molecular weight is 204 g/mol. The van der Waals surface area contributed by atoms with Crippen molar-refractivity contribution in [2.75, 3.05) is 0 Å². The van der Waals surface area contributed by atoms with Crippen molar-refractivity contribution in [1.82, 2.24) is 19.8 Å². The minimum absolute atomic E-state index is 0.0188. The maximum Gasteiger partial charge on any atom is 0.314 e. The van der Waals surface area contributed by atoms with E-state index < -0.39 is 12.3 Å². The lowest BCUT2D eigenvalue weighted by atomic mass is 10.6. The van der Waals surface area contributed by atoms with Gasteiger partial charge in [-0.2, -0.15) is 8.78 Å². The standard InChI is InChI=1S/C5H2F2N4OS/c6-3(7)5-10-9-4(12-5)2-1-8-11-13-2/h1,3H. The van der Waals surface area contributed by atoms with E-state index >= 15 is 0 Å². The zero-order valence-corrected chi connectivity index (χ0v) is 6.83. The summed E-state index contributed by atoms with van der Waals surface area (Å²) in [5.41, 5.74) is 0. The van der Waals surface area contributed by atoms with Crippen molar-refractivity contribution in [1.29, 1.82) is 0 Å². The fourth-order valence-corrected chi connectivity index (χ4v) is 1.12. The number of aromatic nitrogens is 4. The van der Waals surface area contributed by atoms with E-state index in [2.05, 4.69) is 24.2 Å². The van der Waals surface area contributed by atoms with Crippen molar-refractivity contribution < 1.29 is 13.2 Å². The molecule has 0 aliphatic carbocycles. The summed E-state index contributed by atoms with van der Waals surface area (Å²) in [6.07, 6.45) is -1.38. The molecule has 0 spiro atoms. The third-order valence-electron chi connectivity index (χ3n) is 1.20. The van der Waals surface area contributed by atoms with Crippen LogP contribution in [-0.2, 0) is 0 Å². The van der Waals surface area contributed by atoms with Gasteiger partial charge in [-0.05, 0) is 11.5 Å². The van der Waals surface area contributed by atoms with Crippen LogP contribution in [0.5, 0.6) is 0 Å². The Kier molecular flexibility index (Phi) is 1.97. The molecule has 0 saturated carbocycles. The van der Waals surface area contributed by atoms with Crippen molar-refractivity contribution in [3.8, 4) is 10.8 Å². The van der Waals surface area contributed by atoms with Gasteiger partial charge in [0.25, 0.3) is 11.8 Å². The quantitative estimate of drug-likeness (QED) is 0.742. The molecule has 2 heterocycles. The van der Waals surface area contributed by atoms with E-state index in [0.29, 0.717) is 4.88 Å². The van der Waals surface area contributed by atoms with E-state index in [1.165, 1.54) is 6.20 Å². The zero-order chi connectivity index (χ0) is 9.26. The minimum Gasteiger partial charge on any atom is -0.414 e. The third kappa shape index (κ3) is 1.52. The van der Waals surface area contributed by atoms with Gasteiger partial charge in [0.1, 0.15) is 4.88 Å². The van der Waals surface area contributed by atoms with Crippen LogP contribution < -0.4 is 0 Å². The van der Waals surface area contributed by atoms with Crippen LogP contribution in [0.15, 0.2) is 10.6 Å². The molecule has 0 bridgehead atoms. The summed E-state index contributed by atoms with van der Waals surface area (Å²) in [7, 11) is 0.